The van der Waals surface area contributed by atoms with Gasteiger partial charge in [-0.1, -0.05) is 24.3 Å². The van der Waals surface area contributed by atoms with Crippen molar-refractivity contribution >= 4 is 5.82 Å². The molecule has 23 heavy (non-hydrogen) atoms. The monoisotopic (exact) mass is 307 g/mol. The number of nitrogens with zero attached hydrogens (tertiary/aromatic N) is 2. The third-order valence-corrected chi connectivity index (χ3v) is 3.46. The van der Waals surface area contributed by atoms with Gasteiger partial charge < -0.3 is 5.73 Å². The van der Waals surface area contributed by atoms with Crippen LogP contribution in [0.15, 0.2) is 54.6 Å². The lowest BCUT2D eigenvalue weighted by atomic mass is 9.98. The van der Waals surface area contributed by atoms with Crippen LogP contribution in [0.1, 0.15) is 5.56 Å². The van der Waals surface area contributed by atoms with Gasteiger partial charge in [0.05, 0.1) is 5.69 Å². The summed E-state index contributed by atoms with van der Waals surface area (Å²) in [7, 11) is 0. The van der Waals surface area contributed by atoms with Crippen LogP contribution in [0.2, 0.25) is 0 Å². The van der Waals surface area contributed by atoms with E-state index in [0.717, 1.165) is 0 Å². The minimum absolute atomic E-state index is 0.00702. The van der Waals surface area contributed by atoms with Crippen molar-refractivity contribution in [3.05, 3.63) is 71.8 Å². The summed E-state index contributed by atoms with van der Waals surface area (Å²) >= 11 is 0. The normalized spacial score (nSPS) is 10.3. The average Bonchev–Trinajstić information content (AvgIpc) is 2.55. The average molecular weight is 307 g/mol. The molecule has 112 valence electrons. The van der Waals surface area contributed by atoms with E-state index >= 15 is 0 Å². The first kappa shape index (κ1) is 14.7. The molecule has 0 radical (unpaired) electrons. The molecule has 3 aromatic rings. The second kappa shape index (κ2) is 5.85. The summed E-state index contributed by atoms with van der Waals surface area (Å²) in [4.78, 5) is 4.12. The number of hydrogen-bond donors (Lipinski definition) is 1. The van der Waals surface area contributed by atoms with Crippen LogP contribution in [-0.4, -0.2) is 4.98 Å². The van der Waals surface area contributed by atoms with E-state index in [1.807, 2.05) is 6.07 Å². The van der Waals surface area contributed by atoms with E-state index in [4.69, 9.17) is 5.73 Å². The van der Waals surface area contributed by atoms with Gasteiger partial charge in [-0.3, -0.25) is 0 Å². The first-order valence-electron chi connectivity index (χ1n) is 6.81. The van der Waals surface area contributed by atoms with Gasteiger partial charge in [-0.15, -0.1) is 0 Å². The Morgan fingerprint density at radius 3 is 2.30 bits per heavy atom. The van der Waals surface area contributed by atoms with Gasteiger partial charge in [0.2, 0.25) is 0 Å². The Bertz CT molecular complexity index is 913. The number of hydrogen-bond acceptors (Lipinski definition) is 3. The van der Waals surface area contributed by atoms with Crippen LogP contribution < -0.4 is 5.73 Å². The van der Waals surface area contributed by atoms with E-state index in [1.54, 1.807) is 24.3 Å². The predicted molar refractivity (Wildman–Crippen MR) is 84.2 cm³/mol. The molecule has 1 heterocycles. The SMILES string of the molecule is N#Cc1c(-c2ccc(F)cc2)cc(-c2ccccc2F)nc1N. The molecule has 0 aliphatic carbocycles. The molecular formula is C18H11F2N3. The lowest BCUT2D eigenvalue weighted by molar-refractivity contribution is 0.628. The Hall–Kier alpha value is -3.26. The first-order chi connectivity index (χ1) is 11.1. The number of pyridine rings is 1. The van der Waals surface area contributed by atoms with Gasteiger partial charge in [0.1, 0.15) is 29.1 Å². The molecule has 3 rings (SSSR count). The zero-order valence-corrected chi connectivity index (χ0v) is 11.9. The molecule has 0 aliphatic heterocycles. The number of benzene rings is 2. The third-order valence-electron chi connectivity index (χ3n) is 3.46. The van der Waals surface area contributed by atoms with E-state index in [9.17, 15) is 14.0 Å². The molecule has 0 aliphatic rings. The van der Waals surface area contributed by atoms with Crippen molar-refractivity contribution in [3.63, 3.8) is 0 Å². The van der Waals surface area contributed by atoms with Crippen molar-refractivity contribution in [1.82, 2.24) is 4.98 Å². The maximum atomic E-state index is 14.0. The molecule has 5 heteroatoms. The van der Waals surface area contributed by atoms with Crippen LogP contribution in [0.25, 0.3) is 22.4 Å². The summed E-state index contributed by atoms with van der Waals surface area (Å²) in [5, 5.41) is 9.31. The van der Waals surface area contributed by atoms with Crippen LogP contribution >= 0.6 is 0 Å². The Kier molecular flexibility index (Phi) is 3.73. The van der Waals surface area contributed by atoms with E-state index in [0.29, 0.717) is 16.8 Å². The van der Waals surface area contributed by atoms with Crippen molar-refractivity contribution in [2.45, 2.75) is 0 Å². The zero-order chi connectivity index (χ0) is 16.4. The smallest absolute Gasteiger partial charge is 0.142 e. The first-order valence-corrected chi connectivity index (χ1v) is 6.81. The molecule has 0 atom stereocenters. The van der Waals surface area contributed by atoms with Crippen LogP contribution in [0.3, 0.4) is 0 Å². The molecule has 0 fully saturated rings. The topological polar surface area (TPSA) is 62.7 Å². The fraction of sp³-hybridized carbons (Fsp3) is 0. The van der Waals surface area contributed by atoms with Gasteiger partial charge in [0.15, 0.2) is 0 Å². The summed E-state index contributed by atoms with van der Waals surface area (Å²) < 4.78 is 27.1. The number of nitrogens with two attached hydrogens (primary N) is 1. The van der Waals surface area contributed by atoms with Gasteiger partial charge in [-0.05, 0) is 35.9 Å². The summed E-state index contributed by atoms with van der Waals surface area (Å²) in [6, 6.07) is 15.4. The van der Waals surface area contributed by atoms with Crippen LogP contribution in [0.4, 0.5) is 14.6 Å². The highest BCUT2D eigenvalue weighted by atomic mass is 19.1. The fourth-order valence-electron chi connectivity index (χ4n) is 2.35. The molecule has 0 saturated carbocycles. The van der Waals surface area contributed by atoms with Crippen molar-refractivity contribution in [2.24, 2.45) is 0 Å². The van der Waals surface area contributed by atoms with Crippen LogP contribution in [0.5, 0.6) is 0 Å². The highest BCUT2D eigenvalue weighted by Crippen LogP contribution is 2.32. The molecule has 0 unspecified atom stereocenters. The lowest BCUT2D eigenvalue weighted by Gasteiger charge is -2.10. The minimum atomic E-state index is -0.436. The fourth-order valence-corrected chi connectivity index (χ4v) is 2.35. The Morgan fingerprint density at radius 2 is 1.65 bits per heavy atom. The van der Waals surface area contributed by atoms with E-state index in [1.165, 1.54) is 30.3 Å². The van der Waals surface area contributed by atoms with Gasteiger partial charge in [-0.25, -0.2) is 13.8 Å². The van der Waals surface area contributed by atoms with Crippen LogP contribution in [-0.2, 0) is 0 Å². The maximum Gasteiger partial charge on any atom is 0.142 e. The number of nitriles is 1. The van der Waals surface area contributed by atoms with E-state index in [-0.39, 0.29) is 22.8 Å². The number of halogens is 2. The molecule has 3 nitrogen and oxygen atoms in total. The predicted octanol–water partition coefficient (Wildman–Crippen LogP) is 4.15. The standard InChI is InChI=1S/C18H11F2N3/c19-12-7-5-11(6-8-12)14-9-17(23-18(22)15(14)10-21)13-3-1-2-4-16(13)20/h1-9H,(H2,22,23). The quantitative estimate of drug-likeness (QED) is 0.773. The molecule has 0 saturated heterocycles. The lowest BCUT2D eigenvalue weighted by Crippen LogP contribution is -2.00. The largest absolute Gasteiger partial charge is 0.383 e. The zero-order valence-electron chi connectivity index (χ0n) is 11.9. The Morgan fingerprint density at radius 1 is 0.957 bits per heavy atom. The van der Waals surface area contributed by atoms with Gasteiger partial charge in [0.25, 0.3) is 0 Å². The van der Waals surface area contributed by atoms with Crippen LogP contribution in [0, 0.1) is 23.0 Å². The number of aromatic nitrogens is 1. The molecule has 0 amide bonds. The number of anilines is 1. The Labute approximate surface area is 131 Å². The number of nitrogen functional groups attached to an aromatic ring is 1. The van der Waals surface area contributed by atoms with E-state index < -0.39 is 5.82 Å². The second-order valence-corrected chi connectivity index (χ2v) is 4.91. The molecule has 1 aromatic heterocycles. The van der Waals surface area contributed by atoms with Crippen molar-refractivity contribution < 1.29 is 8.78 Å². The summed E-state index contributed by atoms with van der Waals surface area (Å²) in [6.07, 6.45) is 0. The third kappa shape index (κ3) is 2.74. The molecule has 0 spiro atoms. The maximum absolute atomic E-state index is 14.0. The second-order valence-electron chi connectivity index (χ2n) is 4.91. The molecular weight excluding hydrogens is 296 g/mol. The highest BCUT2D eigenvalue weighted by molar-refractivity contribution is 5.80. The van der Waals surface area contributed by atoms with Crippen molar-refractivity contribution in [1.29, 1.82) is 5.26 Å². The van der Waals surface area contributed by atoms with Gasteiger partial charge in [-0.2, -0.15) is 5.26 Å². The minimum Gasteiger partial charge on any atom is -0.383 e. The Balaban J connectivity index is 2.25. The summed E-state index contributed by atoms with van der Waals surface area (Å²) in [5.74, 6) is -0.814. The molecule has 0 bridgehead atoms. The summed E-state index contributed by atoms with van der Waals surface area (Å²) in [5.41, 5.74) is 7.73. The summed E-state index contributed by atoms with van der Waals surface area (Å²) in [6.45, 7) is 0. The van der Waals surface area contributed by atoms with E-state index in [2.05, 4.69) is 4.98 Å². The van der Waals surface area contributed by atoms with Crippen molar-refractivity contribution in [3.8, 4) is 28.5 Å². The molecule has 2 N–H and O–H groups in total. The highest BCUT2D eigenvalue weighted by Gasteiger charge is 2.15. The molecule has 2 aromatic carbocycles. The van der Waals surface area contributed by atoms with Crippen molar-refractivity contribution in [2.75, 3.05) is 5.73 Å². The van der Waals surface area contributed by atoms with Gasteiger partial charge >= 0.3 is 0 Å². The number of rotatable bonds is 2. The van der Waals surface area contributed by atoms with Gasteiger partial charge in [0, 0.05) is 11.1 Å².